The minimum Gasteiger partial charge on any atom is -0.307 e. The van der Waals surface area contributed by atoms with Gasteiger partial charge in [0.1, 0.15) is 0 Å². The molecule has 0 N–H and O–H groups in total. The molecule has 0 fully saturated rings. The molecule has 2 aliphatic heterocycles. The van der Waals surface area contributed by atoms with Crippen LogP contribution in [0.25, 0.3) is 0 Å². The number of aliphatic imine (C=N–C) groups is 1. The van der Waals surface area contributed by atoms with Crippen LogP contribution in [-0.4, -0.2) is 29.9 Å². The van der Waals surface area contributed by atoms with Gasteiger partial charge in [-0.2, -0.15) is 0 Å². The maximum absolute atomic E-state index is 12.5. The second kappa shape index (κ2) is 4.74. The predicted molar refractivity (Wildman–Crippen MR) is 82.4 cm³/mol. The summed E-state index contributed by atoms with van der Waals surface area (Å²) in [4.78, 5) is 21.0. The second-order valence-corrected chi connectivity index (χ2v) is 5.23. The number of guanidine groups is 1. The van der Waals surface area contributed by atoms with E-state index in [-0.39, 0.29) is 5.91 Å². The molecule has 2 aliphatic rings. The van der Waals surface area contributed by atoms with Crippen molar-refractivity contribution in [1.29, 1.82) is 0 Å². The minimum atomic E-state index is 0.0613. The van der Waals surface area contributed by atoms with Crippen LogP contribution < -0.4 is 4.90 Å². The van der Waals surface area contributed by atoms with Gasteiger partial charge in [-0.25, -0.2) is 0 Å². The van der Waals surface area contributed by atoms with E-state index < -0.39 is 0 Å². The molecule has 0 atom stereocenters. The summed E-state index contributed by atoms with van der Waals surface area (Å²) in [6.45, 7) is 2.08. The maximum atomic E-state index is 12.5. The average molecular weight is 277 g/mol. The van der Waals surface area contributed by atoms with Gasteiger partial charge in [0, 0.05) is 6.54 Å². The van der Waals surface area contributed by atoms with Crippen LogP contribution >= 0.6 is 0 Å². The van der Waals surface area contributed by atoms with Gasteiger partial charge in [-0.15, -0.1) is 0 Å². The Hall–Kier alpha value is -2.62. The normalized spacial score (nSPS) is 16.6. The molecule has 0 unspecified atom stereocenters. The third kappa shape index (κ3) is 1.91. The Morgan fingerprint density at radius 2 is 1.76 bits per heavy atom. The van der Waals surface area contributed by atoms with Gasteiger partial charge < -0.3 is 4.90 Å². The Balaban J connectivity index is 1.80. The Labute approximate surface area is 123 Å². The van der Waals surface area contributed by atoms with Gasteiger partial charge >= 0.3 is 0 Å². The lowest BCUT2D eigenvalue weighted by Gasteiger charge is -2.36. The van der Waals surface area contributed by atoms with E-state index in [2.05, 4.69) is 22.0 Å². The summed E-state index contributed by atoms with van der Waals surface area (Å²) in [5.74, 6) is 0.841. The van der Waals surface area contributed by atoms with Gasteiger partial charge in [-0.05, 0) is 17.7 Å². The maximum Gasteiger partial charge on any atom is 0.262 e. The largest absolute Gasteiger partial charge is 0.307 e. The quantitative estimate of drug-likeness (QED) is 0.845. The average Bonchev–Trinajstić information content (AvgIpc) is 3.02. The van der Waals surface area contributed by atoms with E-state index in [0.717, 1.165) is 23.8 Å². The highest BCUT2D eigenvalue weighted by molar-refractivity contribution is 6.19. The zero-order valence-electron chi connectivity index (χ0n) is 11.6. The van der Waals surface area contributed by atoms with E-state index in [0.29, 0.717) is 13.1 Å². The molecular formula is C17H15N3O. The van der Waals surface area contributed by atoms with Crippen molar-refractivity contribution in [3.8, 4) is 0 Å². The number of nitrogens with zero attached hydrogens (tertiary/aromatic N) is 3. The molecule has 2 aromatic rings. The smallest absolute Gasteiger partial charge is 0.262 e. The van der Waals surface area contributed by atoms with Crippen molar-refractivity contribution in [3.63, 3.8) is 0 Å². The van der Waals surface area contributed by atoms with Crippen molar-refractivity contribution < 1.29 is 4.79 Å². The third-order valence-electron chi connectivity index (χ3n) is 3.91. The highest BCUT2D eigenvalue weighted by Crippen LogP contribution is 2.31. The lowest BCUT2D eigenvalue weighted by Crippen LogP contribution is -2.49. The Bertz CT molecular complexity index is 724. The molecule has 0 bridgehead atoms. The molecule has 4 nitrogen and oxygen atoms in total. The summed E-state index contributed by atoms with van der Waals surface area (Å²) in [5.41, 5.74) is 2.91. The summed E-state index contributed by atoms with van der Waals surface area (Å²) < 4.78 is 0. The first-order chi connectivity index (χ1) is 10.3. The summed E-state index contributed by atoms with van der Waals surface area (Å²) in [6.07, 6.45) is 0. The third-order valence-corrected chi connectivity index (χ3v) is 3.91. The van der Waals surface area contributed by atoms with Crippen LogP contribution in [0.2, 0.25) is 0 Å². The van der Waals surface area contributed by atoms with E-state index in [1.807, 2.05) is 42.5 Å². The fourth-order valence-corrected chi connectivity index (χ4v) is 2.92. The number of carbonyl (C=O) groups excluding carboxylic acids is 1. The molecule has 0 spiro atoms. The van der Waals surface area contributed by atoms with Gasteiger partial charge in [0.25, 0.3) is 5.91 Å². The Morgan fingerprint density at radius 3 is 2.62 bits per heavy atom. The lowest BCUT2D eigenvalue weighted by atomic mass is 10.1. The topological polar surface area (TPSA) is 35.9 Å². The molecule has 1 amide bonds. The first kappa shape index (κ1) is 12.1. The van der Waals surface area contributed by atoms with Crippen molar-refractivity contribution in [1.82, 2.24) is 4.90 Å². The molecular weight excluding hydrogens is 262 g/mol. The van der Waals surface area contributed by atoms with Gasteiger partial charge in [-0.3, -0.25) is 14.7 Å². The molecule has 0 aromatic heterocycles. The highest BCUT2D eigenvalue weighted by Gasteiger charge is 2.36. The van der Waals surface area contributed by atoms with Gasteiger partial charge in [0.2, 0.25) is 5.96 Å². The van der Waals surface area contributed by atoms with E-state index in [4.69, 9.17) is 0 Å². The standard InChI is InChI=1S/C17H15N3O/c21-16-14-8-4-5-9-15(14)20(17-18-10-11-19(16)17)12-13-6-2-1-3-7-13/h1-9H,10-12H2. The summed E-state index contributed by atoms with van der Waals surface area (Å²) in [7, 11) is 0. The fraction of sp³-hybridized carbons (Fsp3) is 0.176. The van der Waals surface area contributed by atoms with Gasteiger partial charge in [0.15, 0.2) is 0 Å². The van der Waals surface area contributed by atoms with Crippen molar-refractivity contribution in [3.05, 3.63) is 65.7 Å². The number of fused-ring (bicyclic) bond motifs is 2. The second-order valence-electron chi connectivity index (χ2n) is 5.23. The molecule has 21 heavy (non-hydrogen) atoms. The Morgan fingerprint density at radius 1 is 1.00 bits per heavy atom. The number of para-hydroxylation sites is 1. The van der Waals surface area contributed by atoms with Crippen LogP contribution in [0.5, 0.6) is 0 Å². The predicted octanol–water partition coefficient (Wildman–Crippen LogP) is 2.52. The van der Waals surface area contributed by atoms with Crippen LogP contribution in [0.15, 0.2) is 59.6 Å². The number of anilines is 1. The molecule has 4 rings (SSSR count). The van der Waals surface area contributed by atoms with Crippen LogP contribution in [-0.2, 0) is 6.54 Å². The van der Waals surface area contributed by atoms with Gasteiger partial charge in [-0.1, -0.05) is 42.5 Å². The van der Waals surface area contributed by atoms with Crippen molar-refractivity contribution in [2.75, 3.05) is 18.0 Å². The number of benzene rings is 2. The van der Waals surface area contributed by atoms with Crippen molar-refractivity contribution >= 4 is 17.6 Å². The lowest BCUT2D eigenvalue weighted by molar-refractivity contribution is 0.0851. The van der Waals surface area contributed by atoms with Crippen LogP contribution in [0.4, 0.5) is 5.69 Å². The molecule has 4 heteroatoms. The molecule has 0 saturated carbocycles. The van der Waals surface area contributed by atoms with Crippen molar-refractivity contribution in [2.24, 2.45) is 4.99 Å². The zero-order chi connectivity index (χ0) is 14.2. The number of rotatable bonds is 2. The summed E-state index contributed by atoms with van der Waals surface area (Å²) in [6, 6.07) is 18.0. The molecule has 2 heterocycles. The summed E-state index contributed by atoms with van der Waals surface area (Å²) in [5, 5.41) is 0. The first-order valence-corrected chi connectivity index (χ1v) is 7.11. The highest BCUT2D eigenvalue weighted by atomic mass is 16.2. The zero-order valence-corrected chi connectivity index (χ0v) is 11.6. The molecule has 104 valence electrons. The SMILES string of the molecule is O=C1c2ccccc2N(Cc2ccccc2)C2=NCCN12. The molecule has 2 aromatic carbocycles. The number of carbonyl (C=O) groups is 1. The summed E-state index contributed by atoms with van der Waals surface area (Å²) >= 11 is 0. The van der Waals surface area contributed by atoms with E-state index >= 15 is 0 Å². The van der Waals surface area contributed by atoms with E-state index in [1.165, 1.54) is 5.56 Å². The van der Waals surface area contributed by atoms with Gasteiger partial charge in [0.05, 0.1) is 24.3 Å². The number of hydrogen-bond acceptors (Lipinski definition) is 3. The Kier molecular flexibility index (Phi) is 2.74. The molecule has 0 aliphatic carbocycles. The fourth-order valence-electron chi connectivity index (χ4n) is 2.92. The minimum absolute atomic E-state index is 0.0613. The van der Waals surface area contributed by atoms with Crippen LogP contribution in [0.1, 0.15) is 15.9 Å². The number of amides is 1. The van der Waals surface area contributed by atoms with Crippen LogP contribution in [0, 0.1) is 0 Å². The molecule has 0 saturated heterocycles. The monoisotopic (exact) mass is 277 g/mol. The number of hydrogen-bond donors (Lipinski definition) is 0. The van der Waals surface area contributed by atoms with Crippen LogP contribution in [0.3, 0.4) is 0 Å². The van der Waals surface area contributed by atoms with E-state index in [9.17, 15) is 4.79 Å². The molecule has 0 radical (unpaired) electrons. The van der Waals surface area contributed by atoms with E-state index in [1.54, 1.807) is 4.90 Å². The van der Waals surface area contributed by atoms with Crippen molar-refractivity contribution in [2.45, 2.75) is 6.54 Å². The first-order valence-electron chi connectivity index (χ1n) is 7.11.